The first kappa shape index (κ1) is 27.5. The summed E-state index contributed by atoms with van der Waals surface area (Å²) in [6, 6.07) is 20.4. The Morgan fingerprint density at radius 2 is 1.62 bits per heavy atom. The second-order valence-corrected chi connectivity index (χ2v) is 10.5. The quantitative estimate of drug-likeness (QED) is 0.175. The van der Waals surface area contributed by atoms with Gasteiger partial charge in [-0.15, -0.1) is 0 Å². The van der Waals surface area contributed by atoms with Gasteiger partial charge < -0.3 is 19.5 Å². The van der Waals surface area contributed by atoms with Crippen molar-refractivity contribution in [2.24, 2.45) is 5.11 Å². The van der Waals surface area contributed by atoms with E-state index in [1.165, 1.54) is 12.8 Å². The largest absolute Gasteiger partial charge is 0.379 e. The number of imidazole rings is 1. The van der Waals surface area contributed by atoms with Crippen molar-refractivity contribution < 1.29 is 14.3 Å². The summed E-state index contributed by atoms with van der Waals surface area (Å²) in [5, 5.41) is 6.20. The molecule has 214 valence electrons. The van der Waals surface area contributed by atoms with Crippen molar-refractivity contribution >= 4 is 34.2 Å². The summed E-state index contributed by atoms with van der Waals surface area (Å²) in [5.74, 6) is -0.0486. The number of nitrogens with zero attached hydrogens (tertiary/aromatic N) is 7. The summed E-state index contributed by atoms with van der Waals surface area (Å²) in [5.41, 5.74) is 13.8. The lowest BCUT2D eigenvalue weighted by Gasteiger charge is -2.27. The van der Waals surface area contributed by atoms with Gasteiger partial charge in [0, 0.05) is 72.2 Å². The van der Waals surface area contributed by atoms with E-state index in [0.717, 1.165) is 74.0 Å². The predicted molar refractivity (Wildman–Crippen MR) is 162 cm³/mol. The van der Waals surface area contributed by atoms with Crippen LogP contribution in [-0.2, 0) is 11.3 Å². The first-order chi connectivity index (χ1) is 20.6. The standard InChI is InChI=1S/C31H32N8O3/c32-36-35-31(41)24-5-3-22(4-6-24)29-34-27-21-25(9-12-28(27)39(29)16-15-37-17-19-42-20-18-37)33-30(40)23-7-10-26(11-8-23)38-13-1-2-14-38/h3-12,21H,1-2,13-20H2,(H,33,40). The molecular formula is C31H32N8O3. The molecule has 3 aromatic carbocycles. The van der Waals surface area contributed by atoms with Crippen molar-refractivity contribution in [1.29, 1.82) is 0 Å². The van der Waals surface area contributed by atoms with Crippen LogP contribution in [0.2, 0.25) is 0 Å². The van der Waals surface area contributed by atoms with Crippen LogP contribution in [0.25, 0.3) is 32.9 Å². The van der Waals surface area contributed by atoms with Gasteiger partial charge in [-0.25, -0.2) is 4.98 Å². The van der Waals surface area contributed by atoms with Crippen molar-refractivity contribution in [3.8, 4) is 11.4 Å². The molecule has 11 heteroatoms. The smallest absolute Gasteiger partial charge is 0.255 e. The molecule has 2 fully saturated rings. The minimum absolute atomic E-state index is 0.172. The molecule has 0 saturated carbocycles. The topological polar surface area (TPSA) is 128 Å². The molecule has 0 aliphatic carbocycles. The Kier molecular flexibility index (Phi) is 8.14. The number of ether oxygens (including phenoxy) is 1. The summed E-state index contributed by atoms with van der Waals surface area (Å²) in [6.07, 6.45) is 2.41. The van der Waals surface area contributed by atoms with E-state index < -0.39 is 5.91 Å². The Hall–Kier alpha value is -4.70. The highest BCUT2D eigenvalue weighted by atomic mass is 16.5. The molecule has 3 heterocycles. The number of benzene rings is 3. The predicted octanol–water partition coefficient (Wildman–Crippen LogP) is 5.34. The molecule has 2 aliphatic rings. The third-order valence-corrected chi connectivity index (χ3v) is 7.88. The van der Waals surface area contributed by atoms with Crippen molar-refractivity contribution in [3.63, 3.8) is 0 Å². The van der Waals surface area contributed by atoms with Crippen LogP contribution < -0.4 is 10.2 Å². The minimum Gasteiger partial charge on any atom is -0.379 e. The second kappa shape index (κ2) is 12.4. The Morgan fingerprint density at radius 3 is 2.33 bits per heavy atom. The maximum absolute atomic E-state index is 13.1. The van der Waals surface area contributed by atoms with Crippen LogP contribution in [0.3, 0.4) is 0 Å². The SMILES string of the molecule is [N-]=[N+]=NC(=O)c1ccc(-c2nc3cc(NC(=O)c4ccc(N5CCCC5)cc4)ccc3n2CCN2CCOCC2)cc1. The van der Waals surface area contributed by atoms with Crippen molar-refractivity contribution in [2.45, 2.75) is 19.4 Å². The molecule has 2 amide bonds. The van der Waals surface area contributed by atoms with Crippen LogP contribution in [0.4, 0.5) is 11.4 Å². The lowest BCUT2D eigenvalue weighted by Crippen LogP contribution is -2.38. The maximum atomic E-state index is 13.1. The zero-order valence-electron chi connectivity index (χ0n) is 23.3. The van der Waals surface area contributed by atoms with Crippen molar-refractivity contribution in [1.82, 2.24) is 14.5 Å². The van der Waals surface area contributed by atoms with E-state index in [2.05, 4.69) is 29.7 Å². The van der Waals surface area contributed by atoms with E-state index in [-0.39, 0.29) is 5.91 Å². The molecule has 0 atom stereocenters. The third kappa shape index (κ3) is 5.99. The number of hydrogen-bond acceptors (Lipinski definition) is 6. The number of carbonyl (C=O) groups is 2. The number of azide groups is 1. The van der Waals surface area contributed by atoms with Gasteiger partial charge in [-0.05, 0) is 66.0 Å². The molecule has 1 aromatic heterocycles. The zero-order valence-corrected chi connectivity index (χ0v) is 23.3. The first-order valence-electron chi connectivity index (χ1n) is 14.3. The van der Waals surface area contributed by atoms with Gasteiger partial charge in [-0.3, -0.25) is 14.5 Å². The Balaban J connectivity index is 1.26. The summed E-state index contributed by atoms with van der Waals surface area (Å²) in [6.45, 7) is 6.88. The molecule has 0 unspecified atom stereocenters. The number of morpholine rings is 1. The lowest BCUT2D eigenvalue weighted by molar-refractivity contribution is 0.0366. The van der Waals surface area contributed by atoms with E-state index >= 15 is 0 Å². The van der Waals surface area contributed by atoms with Crippen LogP contribution in [0.1, 0.15) is 33.6 Å². The van der Waals surface area contributed by atoms with Gasteiger partial charge >= 0.3 is 0 Å². The van der Waals surface area contributed by atoms with Crippen LogP contribution >= 0.6 is 0 Å². The molecule has 6 rings (SSSR count). The summed E-state index contributed by atoms with van der Waals surface area (Å²) < 4.78 is 7.66. The van der Waals surface area contributed by atoms with Crippen molar-refractivity contribution in [3.05, 3.63) is 88.3 Å². The summed E-state index contributed by atoms with van der Waals surface area (Å²) in [4.78, 5) is 37.3. The molecule has 2 saturated heterocycles. The van der Waals surface area contributed by atoms with Crippen LogP contribution in [-0.4, -0.2) is 72.2 Å². The lowest BCUT2D eigenvalue weighted by atomic mass is 10.1. The fourth-order valence-corrected chi connectivity index (χ4v) is 5.58. The summed E-state index contributed by atoms with van der Waals surface area (Å²) in [7, 11) is 0. The molecule has 0 radical (unpaired) electrons. The third-order valence-electron chi connectivity index (χ3n) is 7.88. The molecule has 42 heavy (non-hydrogen) atoms. The fourth-order valence-electron chi connectivity index (χ4n) is 5.58. The van der Waals surface area contributed by atoms with E-state index in [0.29, 0.717) is 23.4 Å². The number of fused-ring (bicyclic) bond motifs is 1. The van der Waals surface area contributed by atoms with E-state index in [9.17, 15) is 9.59 Å². The van der Waals surface area contributed by atoms with Gasteiger partial charge in [0.2, 0.25) is 5.91 Å². The number of rotatable bonds is 8. The molecular weight excluding hydrogens is 532 g/mol. The normalized spacial score (nSPS) is 15.5. The van der Waals surface area contributed by atoms with Gasteiger partial charge in [0.1, 0.15) is 5.82 Å². The number of nitrogens with one attached hydrogen (secondary N) is 1. The second-order valence-electron chi connectivity index (χ2n) is 10.5. The molecule has 1 N–H and O–H groups in total. The van der Waals surface area contributed by atoms with Gasteiger partial charge in [0.25, 0.3) is 5.91 Å². The Morgan fingerprint density at radius 1 is 0.905 bits per heavy atom. The van der Waals surface area contributed by atoms with Crippen LogP contribution in [0.5, 0.6) is 0 Å². The van der Waals surface area contributed by atoms with E-state index in [1.807, 2.05) is 42.5 Å². The molecule has 4 aromatic rings. The van der Waals surface area contributed by atoms with Gasteiger partial charge in [0.15, 0.2) is 0 Å². The molecule has 0 spiro atoms. The van der Waals surface area contributed by atoms with Gasteiger partial charge in [0.05, 0.1) is 24.2 Å². The van der Waals surface area contributed by atoms with Crippen LogP contribution in [0.15, 0.2) is 71.8 Å². The summed E-state index contributed by atoms with van der Waals surface area (Å²) >= 11 is 0. The van der Waals surface area contributed by atoms with Crippen LogP contribution in [0, 0.1) is 0 Å². The highest BCUT2D eigenvalue weighted by Gasteiger charge is 2.18. The molecule has 0 bridgehead atoms. The first-order valence-corrected chi connectivity index (χ1v) is 14.3. The minimum atomic E-state index is -0.629. The number of anilines is 2. The molecule has 2 aliphatic heterocycles. The van der Waals surface area contributed by atoms with Gasteiger partial charge in [-0.2, -0.15) is 0 Å². The number of hydrogen-bond donors (Lipinski definition) is 1. The molecule has 11 nitrogen and oxygen atoms in total. The average Bonchev–Trinajstić information content (AvgIpc) is 3.69. The van der Waals surface area contributed by atoms with E-state index in [1.54, 1.807) is 24.3 Å². The van der Waals surface area contributed by atoms with Crippen molar-refractivity contribution in [2.75, 3.05) is 56.2 Å². The Bertz CT molecular complexity index is 1630. The van der Waals surface area contributed by atoms with Gasteiger partial charge in [-0.1, -0.05) is 24.3 Å². The average molecular weight is 565 g/mol. The highest BCUT2D eigenvalue weighted by Crippen LogP contribution is 2.28. The maximum Gasteiger partial charge on any atom is 0.255 e. The van der Waals surface area contributed by atoms with E-state index in [4.69, 9.17) is 15.3 Å². The zero-order chi connectivity index (χ0) is 28.9. The highest BCUT2D eigenvalue weighted by molar-refractivity contribution is 6.05. The fraction of sp³-hybridized carbons (Fsp3) is 0.323. The monoisotopic (exact) mass is 564 g/mol. The number of amides is 2. The Labute approximate surface area is 243 Å². The number of aromatic nitrogens is 2. The number of carbonyl (C=O) groups excluding carboxylic acids is 2.